The zero-order chi connectivity index (χ0) is 12.4. The number of thioether (sulfide) groups is 1. The van der Waals surface area contributed by atoms with Gasteiger partial charge in [0.25, 0.3) is 0 Å². The summed E-state index contributed by atoms with van der Waals surface area (Å²) in [5, 5.41) is 0.580. The number of hydrogen-bond donors (Lipinski definition) is 1. The third-order valence-electron chi connectivity index (χ3n) is 3.45. The highest BCUT2D eigenvalue weighted by molar-refractivity contribution is 7.99. The van der Waals surface area contributed by atoms with Gasteiger partial charge in [-0.05, 0) is 48.6 Å². The third-order valence-corrected chi connectivity index (χ3v) is 4.75. The molecule has 0 heterocycles. The van der Waals surface area contributed by atoms with Crippen LogP contribution in [0, 0.1) is 0 Å². The van der Waals surface area contributed by atoms with Crippen LogP contribution >= 0.6 is 11.8 Å². The first-order valence-electron chi connectivity index (χ1n) is 6.43. The first-order chi connectivity index (χ1) is 8.83. The van der Waals surface area contributed by atoms with E-state index in [1.54, 1.807) is 0 Å². The van der Waals surface area contributed by atoms with E-state index in [9.17, 15) is 0 Å². The summed E-state index contributed by atoms with van der Waals surface area (Å²) in [6, 6.07) is 17.0. The fourth-order valence-electron chi connectivity index (χ4n) is 2.58. The predicted octanol–water partition coefficient (Wildman–Crippen LogP) is 4.44. The zero-order valence-electron chi connectivity index (χ0n) is 10.3. The number of fused-ring (bicyclic) bond motifs is 1. The number of anilines is 1. The first kappa shape index (κ1) is 11.7. The molecule has 0 unspecified atom stereocenters. The van der Waals surface area contributed by atoms with E-state index in [1.807, 2.05) is 23.9 Å². The average Bonchev–Trinajstić information content (AvgIpc) is 2.39. The lowest BCUT2D eigenvalue weighted by Crippen LogP contribution is -2.06. The van der Waals surface area contributed by atoms with Crippen LogP contribution in [0.3, 0.4) is 0 Å². The maximum absolute atomic E-state index is 5.85. The van der Waals surface area contributed by atoms with Crippen molar-refractivity contribution in [1.82, 2.24) is 0 Å². The second-order valence-electron chi connectivity index (χ2n) is 4.77. The van der Waals surface area contributed by atoms with Crippen molar-refractivity contribution in [3.05, 3.63) is 59.7 Å². The molecule has 0 aliphatic heterocycles. The van der Waals surface area contributed by atoms with Gasteiger partial charge in [-0.15, -0.1) is 11.8 Å². The minimum atomic E-state index is 0.580. The molecule has 1 nitrogen and oxygen atoms in total. The molecule has 1 aliphatic carbocycles. The Bertz CT molecular complexity index is 550. The first-order valence-corrected chi connectivity index (χ1v) is 7.31. The molecular weight excluding hydrogens is 238 g/mol. The number of nitrogens with two attached hydrogens (primary N) is 1. The van der Waals surface area contributed by atoms with Gasteiger partial charge < -0.3 is 5.73 Å². The SMILES string of the molecule is Nc1cccc(S[C@H]2CCCc3ccccc32)c1. The molecule has 0 aromatic heterocycles. The van der Waals surface area contributed by atoms with Gasteiger partial charge in [-0.25, -0.2) is 0 Å². The van der Waals surface area contributed by atoms with Gasteiger partial charge in [0.2, 0.25) is 0 Å². The molecule has 0 saturated carbocycles. The Kier molecular flexibility index (Phi) is 3.28. The van der Waals surface area contributed by atoms with Crippen LogP contribution in [0.4, 0.5) is 5.69 Å². The predicted molar refractivity (Wildman–Crippen MR) is 78.8 cm³/mol. The molecule has 3 rings (SSSR count). The van der Waals surface area contributed by atoms with Crippen molar-refractivity contribution in [1.29, 1.82) is 0 Å². The molecule has 0 saturated heterocycles. The second-order valence-corrected chi connectivity index (χ2v) is 6.05. The van der Waals surface area contributed by atoms with E-state index in [-0.39, 0.29) is 0 Å². The van der Waals surface area contributed by atoms with Crippen molar-refractivity contribution in [3.8, 4) is 0 Å². The van der Waals surface area contributed by atoms with E-state index < -0.39 is 0 Å². The van der Waals surface area contributed by atoms with Crippen LogP contribution in [0.1, 0.15) is 29.2 Å². The van der Waals surface area contributed by atoms with Gasteiger partial charge in [-0.3, -0.25) is 0 Å². The quantitative estimate of drug-likeness (QED) is 0.803. The van der Waals surface area contributed by atoms with Gasteiger partial charge in [0.05, 0.1) is 0 Å². The summed E-state index contributed by atoms with van der Waals surface area (Å²) in [7, 11) is 0. The van der Waals surface area contributed by atoms with Crippen molar-refractivity contribution in [2.45, 2.75) is 29.4 Å². The van der Waals surface area contributed by atoms with E-state index in [0.29, 0.717) is 5.25 Å². The number of nitrogen functional groups attached to an aromatic ring is 1. The van der Waals surface area contributed by atoms with Crippen molar-refractivity contribution in [2.75, 3.05) is 5.73 Å². The molecule has 1 aliphatic rings. The Balaban J connectivity index is 1.86. The van der Waals surface area contributed by atoms with Gasteiger partial charge in [0.15, 0.2) is 0 Å². The molecule has 0 bridgehead atoms. The van der Waals surface area contributed by atoms with Gasteiger partial charge in [-0.2, -0.15) is 0 Å². The van der Waals surface area contributed by atoms with Crippen LogP contribution < -0.4 is 5.73 Å². The highest BCUT2D eigenvalue weighted by atomic mass is 32.2. The zero-order valence-corrected chi connectivity index (χ0v) is 11.1. The van der Waals surface area contributed by atoms with E-state index in [2.05, 4.69) is 36.4 Å². The Morgan fingerprint density at radius 3 is 2.83 bits per heavy atom. The molecule has 0 amide bonds. The molecule has 2 aromatic rings. The third kappa shape index (κ3) is 2.39. The Labute approximate surface area is 112 Å². The maximum atomic E-state index is 5.85. The molecule has 18 heavy (non-hydrogen) atoms. The van der Waals surface area contributed by atoms with Gasteiger partial charge >= 0.3 is 0 Å². The van der Waals surface area contributed by atoms with Gasteiger partial charge in [0, 0.05) is 15.8 Å². The van der Waals surface area contributed by atoms with Crippen LogP contribution in [0.25, 0.3) is 0 Å². The molecule has 0 radical (unpaired) electrons. The lowest BCUT2D eigenvalue weighted by atomic mass is 9.91. The Morgan fingerprint density at radius 2 is 1.94 bits per heavy atom. The minimum Gasteiger partial charge on any atom is -0.399 e. The standard InChI is InChI=1S/C16H17NS/c17-13-7-4-8-14(11-13)18-16-10-3-6-12-5-1-2-9-15(12)16/h1-2,4-5,7-9,11,16H,3,6,10,17H2/t16-/m0/s1. The van der Waals surface area contributed by atoms with Crippen molar-refractivity contribution >= 4 is 17.4 Å². The summed E-state index contributed by atoms with van der Waals surface area (Å²) < 4.78 is 0. The largest absolute Gasteiger partial charge is 0.399 e. The van der Waals surface area contributed by atoms with Crippen LogP contribution in [0.2, 0.25) is 0 Å². The van der Waals surface area contributed by atoms with Crippen molar-refractivity contribution in [3.63, 3.8) is 0 Å². The normalized spacial score (nSPS) is 18.3. The monoisotopic (exact) mass is 255 g/mol. The smallest absolute Gasteiger partial charge is 0.0347 e. The fourth-order valence-corrected chi connectivity index (χ4v) is 3.92. The van der Waals surface area contributed by atoms with Crippen LogP contribution in [-0.4, -0.2) is 0 Å². The summed E-state index contributed by atoms with van der Waals surface area (Å²) in [6.45, 7) is 0. The molecule has 0 fully saturated rings. The van der Waals surface area contributed by atoms with E-state index >= 15 is 0 Å². The van der Waals surface area contributed by atoms with E-state index in [1.165, 1.54) is 35.3 Å². The molecule has 0 spiro atoms. The molecule has 1 atom stereocenters. The van der Waals surface area contributed by atoms with Gasteiger partial charge in [0.1, 0.15) is 0 Å². The van der Waals surface area contributed by atoms with Gasteiger partial charge in [-0.1, -0.05) is 30.3 Å². The highest BCUT2D eigenvalue weighted by Crippen LogP contribution is 2.43. The maximum Gasteiger partial charge on any atom is 0.0347 e. The number of benzene rings is 2. The summed E-state index contributed by atoms with van der Waals surface area (Å²) >= 11 is 1.94. The Morgan fingerprint density at radius 1 is 1.06 bits per heavy atom. The average molecular weight is 255 g/mol. The lowest BCUT2D eigenvalue weighted by Gasteiger charge is -2.25. The molecular formula is C16H17NS. The molecule has 2 aromatic carbocycles. The number of hydrogen-bond acceptors (Lipinski definition) is 2. The molecule has 2 N–H and O–H groups in total. The highest BCUT2D eigenvalue weighted by Gasteiger charge is 2.20. The van der Waals surface area contributed by atoms with E-state index in [0.717, 1.165) is 5.69 Å². The summed E-state index contributed by atoms with van der Waals surface area (Å²) in [4.78, 5) is 1.27. The Hall–Kier alpha value is -1.41. The van der Waals surface area contributed by atoms with Crippen LogP contribution in [-0.2, 0) is 6.42 Å². The van der Waals surface area contributed by atoms with Crippen molar-refractivity contribution in [2.24, 2.45) is 0 Å². The minimum absolute atomic E-state index is 0.580. The lowest BCUT2D eigenvalue weighted by molar-refractivity contribution is 0.674. The summed E-state index contributed by atoms with van der Waals surface area (Å²) in [5.74, 6) is 0. The van der Waals surface area contributed by atoms with Crippen LogP contribution in [0.5, 0.6) is 0 Å². The number of rotatable bonds is 2. The van der Waals surface area contributed by atoms with E-state index in [4.69, 9.17) is 5.73 Å². The van der Waals surface area contributed by atoms with Crippen LogP contribution in [0.15, 0.2) is 53.4 Å². The topological polar surface area (TPSA) is 26.0 Å². The second kappa shape index (κ2) is 5.07. The molecule has 2 heteroatoms. The summed E-state index contributed by atoms with van der Waals surface area (Å²) in [5.41, 5.74) is 9.73. The fraction of sp³-hybridized carbons (Fsp3) is 0.250. The summed E-state index contributed by atoms with van der Waals surface area (Å²) in [6.07, 6.45) is 3.78. The number of aryl methyl sites for hydroxylation is 1. The molecule has 92 valence electrons. The van der Waals surface area contributed by atoms with Crippen molar-refractivity contribution < 1.29 is 0 Å².